The fourth-order valence-electron chi connectivity index (χ4n) is 2.82. The van der Waals surface area contributed by atoms with Crippen LogP contribution in [0.1, 0.15) is 37.3 Å². The number of carbonyl (C=O) groups excluding carboxylic acids is 1. The molecule has 0 unspecified atom stereocenters. The molecule has 0 bridgehead atoms. The van der Waals surface area contributed by atoms with E-state index >= 15 is 0 Å². The van der Waals surface area contributed by atoms with Crippen molar-refractivity contribution in [1.29, 1.82) is 0 Å². The van der Waals surface area contributed by atoms with Crippen LogP contribution in [0.15, 0.2) is 24.3 Å². The highest BCUT2D eigenvalue weighted by molar-refractivity contribution is 5.80. The van der Waals surface area contributed by atoms with Crippen LogP contribution in [-0.4, -0.2) is 50.3 Å². The third-order valence-corrected chi connectivity index (χ3v) is 4.23. The van der Waals surface area contributed by atoms with Gasteiger partial charge in [-0.1, -0.05) is 24.3 Å². The minimum absolute atomic E-state index is 0.0783. The van der Waals surface area contributed by atoms with Crippen LogP contribution in [-0.2, 0) is 27.4 Å². The minimum atomic E-state index is -0.462. The molecular weight excluding hydrogens is 304 g/mol. The van der Waals surface area contributed by atoms with E-state index in [1.54, 1.807) is 6.92 Å². The number of hydrogen-bond donors (Lipinski definition) is 1. The Kier molecular flexibility index (Phi) is 7.69. The second kappa shape index (κ2) is 9.77. The van der Waals surface area contributed by atoms with E-state index in [4.69, 9.17) is 9.47 Å². The lowest BCUT2D eigenvalue weighted by atomic mass is 10.1. The maximum atomic E-state index is 12.2. The van der Waals surface area contributed by atoms with Gasteiger partial charge < -0.3 is 19.7 Å². The average molecular weight is 334 g/mol. The molecule has 1 aliphatic heterocycles. The Morgan fingerprint density at radius 3 is 2.75 bits per heavy atom. The van der Waals surface area contributed by atoms with Crippen LogP contribution >= 0.6 is 0 Å². The fraction of sp³-hybridized carbons (Fsp3) is 0.632. The molecule has 2 atom stereocenters. The summed E-state index contributed by atoms with van der Waals surface area (Å²) in [5.41, 5.74) is 2.37. The predicted molar refractivity (Wildman–Crippen MR) is 94.7 cm³/mol. The van der Waals surface area contributed by atoms with Gasteiger partial charge in [0.05, 0.1) is 12.7 Å². The molecule has 1 aromatic carbocycles. The Labute approximate surface area is 145 Å². The summed E-state index contributed by atoms with van der Waals surface area (Å²) in [5.74, 6) is -0.0783. The third kappa shape index (κ3) is 6.23. The maximum absolute atomic E-state index is 12.2. The van der Waals surface area contributed by atoms with Crippen LogP contribution in [0, 0.1) is 0 Å². The van der Waals surface area contributed by atoms with Gasteiger partial charge >= 0.3 is 0 Å². The Bertz CT molecular complexity index is 513. The first kappa shape index (κ1) is 18.9. The van der Waals surface area contributed by atoms with Crippen LogP contribution in [0.2, 0.25) is 0 Å². The Morgan fingerprint density at radius 1 is 1.33 bits per heavy atom. The summed E-state index contributed by atoms with van der Waals surface area (Å²) < 4.78 is 11.3. The lowest BCUT2D eigenvalue weighted by Crippen LogP contribution is -2.36. The Hall–Kier alpha value is -1.43. The molecule has 1 fully saturated rings. The zero-order chi connectivity index (χ0) is 17.4. The molecule has 1 saturated heterocycles. The van der Waals surface area contributed by atoms with Crippen LogP contribution in [0.5, 0.6) is 0 Å². The van der Waals surface area contributed by atoms with Gasteiger partial charge in [0.2, 0.25) is 5.91 Å². The molecule has 1 aliphatic rings. The average Bonchev–Trinajstić information content (AvgIpc) is 2.59. The molecule has 0 spiro atoms. The van der Waals surface area contributed by atoms with Gasteiger partial charge in [-0.2, -0.15) is 0 Å². The number of carbonyl (C=O) groups is 1. The third-order valence-electron chi connectivity index (χ3n) is 4.23. The molecule has 1 aromatic rings. The molecule has 1 N–H and O–H groups in total. The molecule has 1 amide bonds. The van der Waals surface area contributed by atoms with Gasteiger partial charge in [-0.05, 0) is 51.4 Å². The summed E-state index contributed by atoms with van der Waals surface area (Å²) in [6, 6.07) is 8.18. The first-order chi connectivity index (χ1) is 11.6. The first-order valence-corrected chi connectivity index (χ1v) is 8.78. The van der Waals surface area contributed by atoms with E-state index in [1.165, 1.54) is 12.0 Å². The number of nitrogens with zero attached hydrogens (tertiary/aromatic N) is 1. The van der Waals surface area contributed by atoms with E-state index in [1.807, 2.05) is 26.2 Å². The highest BCUT2D eigenvalue weighted by atomic mass is 16.5. The number of rotatable bonds is 8. The highest BCUT2D eigenvalue weighted by Gasteiger charge is 2.19. The van der Waals surface area contributed by atoms with Crippen LogP contribution in [0.4, 0.5) is 0 Å². The number of nitrogens with one attached hydrogen (secondary N) is 1. The SMILES string of the molecule is C[C@H](OC[C@@H]1CCCCO1)C(=O)NCc1ccccc1CN(C)C. The van der Waals surface area contributed by atoms with Crippen molar-refractivity contribution in [3.05, 3.63) is 35.4 Å². The lowest BCUT2D eigenvalue weighted by molar-refractivity contribution is -0.135. The Morgan fingerprint density at radius 2 is 2.08 bits per heavy atom. The molecule has 24 heavy (non-hydrogen) atoms. The van der Waals surface area contributed by atoms with Crippen LogP contribution < -0.4 is 5.32 Å². The van der Waals surface area contributed by atoms with Gasteiger partial charge in [0.1, 0.15) is 6.10 Å². The molecule has 0 aliphatic carbocycles. The smallest absolute Gasteiger partial charge is 0.249 e. The summed E-state index contributed by atoms with van der Waals surface area (Å²) in [6.45, 7) is 4.47. The highest BCUT2D eigenvalue weighted by Crippen LogP contribution is 2.14. The van der Waals surface area contributed by atoms with Gasteiger partial charge in [-0.25, -0.2) is 0 Å². The van der Waals surface area contributed by atoms with Crippen molar-refractivity contribution in [2.24, 2.45) is 0 Å². The molecule has 5 heteroatoms. The molecule has 0 radical (unpaired) electrons. The van der Waals surface area contributed by atoms with Gasteiger partial charge in [0, 0.05) is 19.7 Å². The van der Waals surface area contributed by atoms with Crippen molar-refractivity contribution in [2.75, 3.05) is 27.3 Å². The van der Waals surface area contributed by atoms with Crippen LogP contribution in [0.3, 0.4) is 0 Å². The number of benzene rings is 1. The number of hydrogen-bond acceptors (Lipinski definition) is 4. The second-order valence-corrected chi connectivity index (χ2v) is 6.69. The van der Waals surface area contributed by atoms with E-state index in [0.29, 0.717) is 13.2 Å². The summed E-state index contributed by atoms with van der Waals surface area (Å²) in [4.78, 5) is 14.4. The zero-order valence-electron chi connectivity index (χ0n) is 15.1. The van der Waals surface area contributed by atoms with E-state index in [-0.39, 0.29) is 12.0 Å². The molecule has 0 aromatic heterocycles. The second-order valence-electron chi connectivity index (χ2n) is 6.69. The molecule has 2 rings (SSSR count). The van der Waals surface area contributed by atoms with Crippen molar-refractivity contribution in [2.45, 2.75) is 51.5 Å². The van der Waals surface area contributed by atoms with Crippen molar-refractivity contribution in [3.8, 4) is 0 Å². The number of ether oxygens (including phenoxy) is 2. The van der Waals surface area contributed by atoms with Gasteiger partial charge in [0.25, 0.3) is 0 Å². The minimum Gasteiger partial charge on any atom is -0.376 e. The zero-order valence-corrected chi connectivity index (χ0v) is 15.1. The standard InChI is InChI=1S/C19H30N2O3/c1-15(24-14-18-10-6-7-11-23-18)19(22)20-12-16-8-4-5-9-17(16)13-21(2)3/h4-5,8-9,15,18H,6-7,10-14H2,1-3H3,(H,20,22)/t15-,18-/m0/s1. The Balaban J connectivity index is 1.77. The van der Waals surface area contributed by atoms with E-state index in [2.05, 4.69) is 22.3 Å². The first-order valence-electron chi connectivity index (χ1n) is 8.78. The van der Waals surface area contributed by atoms with E-state index in [9.17, 15) is 4.79 Å². The molecule has 5 nitrogen and oxygen atoms in total. The van der Waals surface area contributed by atoms with E-state index < -0.39 is 6.10 Å². The summed E-state index contributed by atoms with van der Waals surface area (Å²) >= 11 is 0. The largest absolute Gasteiger partial charge is 0.376 e. The van der Waals surface area contributed by atoms with Crippen molar-refractivity contribution < 1.29 is 14.3 Å². The maximum Gasteiger partial charge on any atom is 0.249 e. The summed E-state index contributed by atoms with van der Waals surface area (Å²) in [6.07, 6.45) is 2.99. The molecule has 0 saturated carbocycles. The fourth-order valence-corrected chi connectivity index (χ4v) is 2.82. The van der Waals surface area contributed by atoms with E-state index in [0.717, 1.165) is 31.6 Å². The predicted octanol–water partition coefficient (Wildman–Crippen LogP) is 2.34. The number of amides is 1. The topological polar surface area (TPSA) is 50.8 Å². The lowest BCUT2D eigenvalue weighted by Gasteiger charge is -2.24. The van der Waals surface area contributed by atoms with Crippen molar-refractivity contribution in [1.82, 2.24) is 10.2 Å². The quantitative estimate of drug-likeness (QED) is 0.793. The normalized spacial score (nSPS) is 19.2. The van der Waals surface area contributed by atoms with Crippen LogP contribution in [0.25, 0.3) is 0 Å². The van der Waals surface area contributed by atoms with Crippen molar-refractivity contribution >= 4 is 5.91 Å². The monoisotopic (exact) mass is 334 g/mol. The molecule has 134 valence electrons. The summed E-state index contributed by atoms with van der Waals surface area (Å²) in [5, 5.41) is 2.98. The van der Waals surface area contributed by atoms with Crippen molar-refractivity contribution in [3.63, 3.8) is 0 Å². The molecule has 1 heterocycles. The van der Waals surface area contributed by atoms with Gasteiger partial charge in [0.15, 0.2) is 0 Å². The van der Waals surface area contributed by atoms with Gasteiger partial charge in [-0.15, -0.1) is 0 Å². The molecular formula is C19H30N2O3. The van der Waals surface area contributed by atoms with Gasteiger partial charge in [-0.3, -0.25) is 4.79 Å². The summed E-state index contributed by atoms with van der Waals surface area (Å²) in [7, 11) is 4.08.